The second-order valence-corrected chi connectivity index (χ2v) is 4.12. The van der Waals surface area contributed by atoms with Crippen LogP contribution in [-0.2, 0) is 21.2 Å². The molecular formula is C8H9NO3S. The summed E-state index contributed by atoms with van der Waals surface area (Å²) in [6.07, 6.45) is 0.908. The smallest absolute Gasteiger partial charge is 0.238 e. The SMILES string of the molecule is NS(=O)(=O)c1cccc(CC=O)c1. The Bertz CT molecular complexity index is 411. The van der Waals surface area contributed by atoms with Crippen molar-refractivity contribution in [2.75, 3.05) is 0 Å². The number of hydrogen-bond donors (Lipinski definition) is 1. The molecule has 13 heavy (non-hydrogen) atoms. The monoisotopic (exact) mass is 199 g/mol. The van der Waals surface area contributed by atoms with E-state index in [1.54, 1.807) is 12.1 Å². The lowest BCUT2D eigenvalue weighted by molar-refractivity contribution is -0.107. The van der Waals surface area contributed by atoms with Crippen LogP contribution >= 0.6 is 0 Å². The molecule has 0 radical (unpaired) electrons. The van der Waals surface area contributed by atoms with Crippen molar-refractivity contribution >= 4 is 16.3 Å². The third kappa shape index (κ3) is 2.64. The first-order valence-corrected chi connectivity index (χ1v) is 5.14. The minimum atomic E-state index is -3.66. The standard InChI is InChI=1S/C8H9NO3S/c9-13(11,12)8-3-1-2-7(6-8)4-5-10/h1-3,5-6H,4H2,(H2,9,11,12). The Labute approximate surface area is 76.4 Å². The minimum Gasteiger partial charge on any atom is -0.303 e. The fraction of sp³-hybridized carbons (Fsp3) is 0.125. The zero-order valence-electron chi connectivity index (χ0n) is 6.80. The third-order valence-electron chi connectivity index (χ3n) is 1.55. The predicted octanol–water partition coefficient (Wildman–Crippen LogP) is 0.0754. The van der Waals surface area contributed by atoms with Gasteiger partial charge in [0.15, 0.2) is 0 Å². The van der Waals surface area contributed by atoms with Crippen molar-refractivity contribution in [3.05, 3.63) is 29.8 Å². The molecule has 5 heteroatoms. The molecule has 4 nitrogen and oxygen atoms in total. The highest BCUT2D eigenvalue weighted by Crippen LogP contribution is 2.09. The van der Waals surface area contributed by atoms with Crippen molar-refractivity contribution in [2.45, 2.75) is 11.3 Å². The third-order valence-corrected chi connectivity index (χ3v) is 2.46. The molecule has 0 unspecified atom stereocenters. The van der Waals surface area contributed by atoms with Crippen molar-refractivity contribution in [3.8, 4) is 0 Å². The van der Waals surface area contributed by atoms with Crippen LogP contribution < -0.4 is 5.14 Å². The molecule has 1 aromatic carbocycles. The maximum absolute atomic E-state index is 10.9. The van der Waals surface area contributed by atoms with E-state index in [1.165, 1.54) is 12.1 Å². The number of primary sulfonamides is 1. The maximum atomic E-state index is 10.9. The summed E-state index contributed by atoms with van der Waals surface area (Å²) in [4.78, 5) is 10.2. The van der Waals surface area contributed by atoms with Gasteiger partial charge in [0.1, 0.15) is 6.29 Å². The van der Waals surface area contributed by atoms with Crippen LogP contribution in [0, 0.1) is 0 Å². The first kappa shape index (κ1) is 9.88. The topological polar surface area (TPSA) is 77.2 Å². The van der Waals surface area contributed by atoms with Gasteiger partial charge in [-0.05, 0) is 17.7 Å². The molecule has 0 aliphatic rings. The quantitative estimate of drug-likeness (QED) is 0.700. The van der Waals surface area contributed by atoms with E-state index in [-0.39, 0.29) is 11.3 Å². The number of carbonyl (C=O) groups is 1. The van der Waals surface area contributed by atoms with E-state index in [1.807, 2.05) is 0 Å². The van der Waals surface area contributed by atoms with Crippen LogP contribution in [0.5, 0.6) is 0 Å². The molecule has 1 aromatic rings. The molecule has 0 aromatic heterocycles. The number of carbonyl (C=O) groups excluding carboxylic acids is 1. The Morgan fingerprint density at radius 1 is 1.38 bits per heavy atom. The highest BCUT2D eigenvalue weighted by Gasteiger charge is 2.06. The van der Waals surface area contributed by atoms with Crippen LogP contribution in [0.2, 0.25) is 0 Å². The first-order valence-electron chi connectivity index (χ1n) is 3.59. The van der Waals surface area contributed by atoms with E-state index >= 15 is 0 Å². The average Bonchev–Trinajstić information content (AvgIpc) is 2.04. The molecule has 0 heterocycles. The summed E-state index contributed by atoms with van der Waals surface area (Å²) in [6, 6.07) is 6.01. The summed E-state index contributed by atoms with van der Waals surface area (Å²) in [5.41, 5.74) is 0.640. The Balaban J connectivity index is 3.13. The molecule has 0 aliphatic heterocycles. The van der Waals surface area contributed by atoms with Gasteiger partial charge in [0.25, 0.3) is 0 Å². The van der Waals surface area contributed by atoms with Gasteiger partial charge in [-0.15, -0.1) is 0 Å². The van der Waals surface area contributed by atoms with Gasteiger partial charge < -0.3 is 4.79 Å². The van der Waals surface area contributed by atoms with Crippen molar-refractivity contribution in [3.63, 3.8) is 0 Å². The summed E-state index contributed by atoms with van der Waals surface area (Å²) >= 11 is 0. The molecular weight excluding hydrogens is 190 g/mol. The molecule has 70 valence electrons. The molecule has 0 amide bonds. The molecule has 0 spiro atoms. The van der Waals surface area contributed by atoms with Crippen LogP contribution in [-0.4, -0.2) is 14.7 Å². The highest BCUT2D eigenvalue weighted by molar-refractivity contribution is 7.89. The Hall–Kier alpha value is -1.20. The Morgan fingerprint density at radius 2 is 2.08 bits per heavy atom. The zero-order valence-corrected chi connectivity index (χ0v) is 7.62. The number of aldehydes is 1. The summed E-state index contributed by atoms with van der Waals surface area (Å²) in [6.45, 7) is 0. The van der Waals surface area contributed by atoms with Crippen molar-refractivity contribution < 1.29 is 13.2 Å². The average molecular weight is 199 g/mol. The van der Waals surface area contributed by atoms with E-state index in [9.17, 15) is 13.2 Å². The minimum absolute atomic E-state index is 0.0341. The maximum Gasteiger partial charge on any atom is 0.238 e. The second kappa shape index (κ2) is 3.68. The molecule has 0 fully saturated rings. The molecule has 0 aliphatic carbocycles. The van der Waals surface area contributed by atoms with Crippen LogP contribution in [0.15, 0.2) is 29.2 Å². The van der Waals surface area contributed by atoms with Crippen molar-refractivity contribution in [2.24, 2.45) is 5.14 Å². The largest absolute Gasteiger partial charge is 0.303 e. The van der Waals surface area contributed by atoms with Gasteiger partial charge in [-0.2, -0.15) is 0 Å². The van der Waals surface area contributed by atoms with E-state index in [2.05, 4.69) is 0 Å². The number of nitrogens with two attached hydrogens (primary N) is 1. The highest BCUT2D eigenvalue weighted by atomic mass is 32.2. The second-order valence-electron chi connectivity index (χ2n) is 2.56. The van der Waals surface area contributed by atoms with Gasteiger partial charge in [0.2, 0.25) is 10.0 Å². The van der Waals surface area contributed by atoms with E-state index in [4.69, 9.17) is 5.14 Å². The first-order chi connectivity index (χ1) is 6.04. The fourth-order valence-electron chi connectivity index (χ4n) is 0.946. The lowest BCUT2D eigenvalue weighted by atomic mass is 10.2. The number of rotatable bonds is 3. The lowest BCUT2D eigenvalue weighted by Crippen LogP contribution is -2.12. The van der Waals surface area contributed by atoms with Crippen LogP contribution in [0.3, 0.4) is 0 Å². The van der Waals surface area contributed by atoms with Gasteiger partial charge in [-0.1, -0.05) is 12.1 Å². The molecule has 0 saturated heterocycles. The van der Waals surface area contributed by atoms with Crippen molar-refractivity contribution in [1.29, 1.82) is 0 Å². The van der Waals surface area contributed by atoms with E-state index < -0.39 is 10.0 Å². The fourth-order valence-corrected chi connectivity index (χ4v) is 1.53. The van der Waals surface area contributed by atoms with Crippen LogP contribution in [0.25, 0.3) is 0 Å². The molecule has 0 atom stereocenters. The Kier molecular flexibility index (Phi) is 2.79. The molecule has 2 N–H and O–H groups in total. The van der Waals surface area contributed by atoms with Gasteiger partial charge in [-0.3, -0.25) is 0 Å². The van der Waals surface area contributed by atoms with Gasteiger partial charge >= 0.3 is 0 Å². The summed E-state index contributed by atoms with van der Waals surface area (Å²) in [7, 11) is -3.66. The number of benzene rings is 1. The summed E-state index contributed by atoms with van der Waals surface area (Å²) in [5.74, 6) is 0. The van der Waals surface area contributed by atoms with Gasteiger partial charge in [-0.25, -0.2) is 13.6 Å². The van der Waals surface area contributed by atoms with Crippen LogP contribution in [0.1, 0.15) is 5.56 Å². The van der Waals surface area contributed by atoms with E-state index in [0.29, 0.717) is 11.8 Å². The molecule has 0 saturated carbocycles. The van der Waals surface area contributed by atoms with Gasteiger partial charge in [0, 0.05) is 6.42 Å². The lowest BCUT2D eigenvalue weighted by Gasteiger charge is -1.99. The summed E-state index contributed by atoms with van der Waals surface area (Å²) < 4.78 is 21.8. The zero-order chi connectivity index (χ0) is 9.90. The Morgan fingerprint density at radius 3 is 2.62 bits per heavy atom. The molecule has 1 rings (SSSR count). The molecule has 0 bridgehead atoms. The van der Waals surface area contributed by atoms with Gasteiger partial charge in [0.05, 0.1) is 4.90 Å². The number of sulfonamides is 1. The number of hydrogen-bond acceptors (Lipinski definition) is 3. The predicted molar refractivity (Wildman–Crippen MR) is 47.6 cm³/mol. The van der Waals surface area contributed by atoms with Crippen LogP contribution in [0.4, 0.5) is 0 Å². The van der Waals surface area contributed by atoms with E-state index in [0.717, 1.165) is 0 Å². The summed E-state index contributed by atoms with van der Waals surface area (Å²) in [5, 5.41) is 4.91. The normalized spacial score (nSPS) is 11.2. The van der Waals surface area contributed by atoms with Crippen molar-refractivity contribution in [1.82, 2.24) is 0 Å².